The molecule has 0 saturated carbocycles. The molecule has 0 aliphatic heterocycles. The first-order valence-corrected chi connectivity index (χ1v) is 8.74. The summed E-state index contributed by atoms with van der Waals surface area (Å²) < 4.78 is 2.81. The molecule has 0 N–H and O–H groups in total. The second-order valence-corrected chi connectivity index (χ2v) is 7.21. The van der Waals surface area contributed by atoms with Crippen LogP contribution in [0.4, 0.5) is 5.69 Å². The number of hydrogen-bond acceptors (Lipinski definition) is 6. The molecule has 2 aromatic heterocycles. The summed E-state index contributed by atoms with van der Waals surface area (Å²) in [5, 5.41) is 17.3. The Morgan fingerprint density at radius 1 is 1.42 bits per heavy atom. The molecule has 0 saturated heterocycles. The monoisotopic (exact) mass is 407 g/mol. The number of nitro benzene ring substituents is 1. The van der Waals surface area contributed by atoms with Crippen molar-refractivity contribution < 1.29 is 4.92 Å². The van der Waals surface area contributed by atoms with Crippen molar-refractivity contribution in [2.24, 2.45) is 0 Å². The summed E-state index contributed by atoms with van der Waals surface area (Å²) >= 11 is 5.15. The average molecular weight is 408 g/mol. The number of aromatic nitrogens is 3. The van der Waals surface area contributed by atoms with Crippen LogP contribution in [0.2, 0.25) is 0 Å². The molecule has 7 nitrogen and oxygen atoms in total. The van der Waals surface area contributed by atoms with E-state index in [9.17, 15) is 10.1 Å². The molecule has 0 fully saturated rings. The van der Waals surface area contributed by atoms with E-state index in [0.717, 1.165) is 11.0 Å². The van der Waals surface area contributed by atoms with Gasteiger partial charge in [0.15, 0.2) is 5.82 Å². The van der Waals surface area contributed by atoms with Crippen LogP contribution < -0.4 is 0 Å². The summed E-state index contributed by atoms with van der Waals surface area (Å²) in [6.07, 6.45) is 1.63. The minimum Gasteiger partial charge on any atom is -0.282 e. The van der Waals surface area contributed by atoms with E-state index in [4.69, 9.17) is 0 Å². The maximum absolute atomic E-state index is 10.9. The van der Waals surface area contributed by atoms with Crippen molar-refractivity contribution in [1.82, 2.24) is 19.7 Å². The number of nitrogens with zero attached hydrogens (tertiary/aromatic N) is 5. The van der Waals surface area contributed by atoms with Crippen molar-refractivity contribution in [1.29, 1.82) is 0 Å². The molecule has 9 heteroatoms. The molecule has 24 heavy (non-hydrogen) atoms. The number of rotatable bonds is 6. The summed E-state index contributed by atoms with van der Waals surface area (Å²) in [6.45, 7) is 1.39. The van der Waals surface area contributed by atoms with E-state index < -0.39 is 4.92 Å². The van der Waals surface area contributed by atoms with E-state index in [1.807, 2.05) is 7.05 Å². The molecule has 0 amide bonds. The Hall–Kier alpha value is -2.10. The van der Waals surface area contributed by atoms with Crippen LogP contribution in [0, 0.1) is 10.1 Å². The van der Waals surface area contributed by atoms with Gasteiger partial charge < -0.3 is 0 Å². The number of thiophene rings is 1. The molecule has 1 aromatic carbocycles. The SMILES string of the molecule is CN(Cc1cc(Br)cs1)Cn1cnc(-c2cccc([N+](=O)[O-])c2)n1. The zero-order valence-corrected chi connectivity index (χ0v) is 15.2. The maximum atomic E-state index is 10.9. The Kier molecular flexibility index (Phi) is 5.03. The number of nitro groups is 1. The van der Waals surface area contributed by atoms with Crippen LogP contribution in [0.25, 0.3) is 11.4 Å². The van der Waals surface area contributed by atoms with E-state index in [1.165, 1.54) is 17.0 Å². The fourth-order valence-corrected chi connectivity index (χ4v) is 3.78. The second-order valence-electron chi connectivity index (χ2n) is 5.30. The van der Waals surface area contributed by atoms with Gasteiger partial charge in [-0.1, -0.05) is 12.1 Å². The zero-order valence-electron chi connectivity index (χ0n) is 12.8. The van der Waals surface area contributed by atoms with Gasteiger partial charge >= 0.3 is 0 Å². The van der Waals surface area contributed by atoms with Gasteiger partial charge in [-0.15, -0.1) is 16.4 Å². The highest BCUT2D eigenvalue weighted by Crippen LogP contribution is 2.22. The summed E-state index contributed by atoms with van der Waals surface area (Å²) in [5.41, 5.74) is 0.664. The molecule has 0 aliphatic carbocycles. The van der Waals surface area contributed by atoms with E-state index in [-0.39, 0.29) is 5.69 Å². The normalized spacial score (nSPS) is 11.1. The molecular weight excluding hydrogens is 394 g/mol. The third-order valence-electron chi connectivity index (χ3n) is 3.29. The van der Waals surface area contributed by atoms with Gasteiger partial charge in [0, 0.05) is 39.0 Å². The molecule has 0 atom stereocenters. The van der Waals surface area contributed by atoms with Crippen molar-refractivity contribution in [2.75, 3.05) is 7.05 Å². The molecular formula is C15H14BrN5O2S. The Bertz CT molecular complexity index is 863. The summed E-state index contributed by atoms with van der Waals surface area (Å²) in [4.78, 5) is 18.1. The van der Waals surface area contributed by atoms with E-state index >= 15 is 0 Å². The van der Waals surface area contributed by atoms with Gasteiger partial charge in [0.05, 0.1) is 11.6 Å². The Balaban J connectivity index is 1.69. The van der Waals surface area contributed by atoms with Gasteiger partial charge in [0.2, 0.25) is 0 Å². The molecule has 0 radical (unpaired) electrons. The van der Waals surface area contributed by atoms with Crippen LogP contribution in [-0.4, -0.2) is 31.6 Å². The minimum absolute atomic E-state index is 0.0317. The summed E-state index contributed by atoms with van der Waals surface area (Å²) in [7, 11) is 2.00. The Morgan fingerprint density at radius 2 is 2.25 bits per heavy atom. The predicted octanol–water partition coefficient (Wildman–Crippen LogP) is 3.77. The Labute approximate surface area is 150 Å². The quantitative estimate of drug-likeness (QED) is 0.459. The molecule has 0 spiro atoms. The molecule has 3 rings (SSSR count). The summed E-state index contributed by atoms with van der Waals surface area (Å²) in [6, 6.07) is 8.42. The zero-order chi connectivity index (χ0) is 17.1. The van der Waals surface area contributed by atoms with Gasteiger partial charge in [-0.25, -0.2) is 9.67 Å². The van der Waals surface area contributed by atoms with E-state index in [2.05, 4.69) is 42.4 Å². The van der Waals surface area contributed by atoms with Crippen molar-refractivity contribution >= 4 is 33.0 Å². The lowest BCUT2D eigenvalue weighted by molar-refractivity contribution is -0.384. The van der Waals surface area contributed by atoms with Gasteiger partial charge in [0.1, 0.15) is 6.33 Å². The lowest BCUT2D eigenvalue weighted by Gasteiger charge is -2.14. The van der Waals surface area contributed by atoms with Crippen LogP contribution >= 0.6 is 27.3 Å². The minimum atomic E-state index is -0.423. The smallest absolute Gasteiger partial charge is 0.270 e. The first kappa shape index (κ1) is 16.7. The molecule has 0 unspecified atom stereocenters. The summed E-state index contributed by atoms with van der Waals surface area (Å²) in [5.74, 6) is 0.478. The van der Waals surface area contributed by atoms with Gasteiger partial charge in [-0.05, 0) is 29.0 Å². The standard InChI is InChI=1S/C15H14BrN5O2S/c1-19(7-14-6-12(16)8-24-14)10-20-9-17-15(18-20)11-3-2-4-13(5-11)21(22)23/h2-6,8-9H,7,10H2,1H3. The number of halogens is 1. The third-order valence-corrected chi connectivity index (χ3v) is 4.97. The van der Waals surface area contributed by atoms with Crippen LogP contribution in [0.15, 0.2) is 46.5 Å². The molecule has 2 heterocycles. The van der Waals surface area contributed by atoms with Gasteiger partial charge in [-0.2, -0.15) is 0 Å². The molecule has 124 valence electrons. The van der Waals surface area contributed by atoms with Crippen LogP contribution in [0.3, 0.4) is 0 Å². The fraction of sp³-hybridized carbons (Fsp3) is 0.200. The highest BCUT2D eigenvalue weighted by atomic mass is 79.9. The largest absolute Gasteiger partial charge is 0.282 e. The predicted molar refractivity (Wildman–Crippen MR) is 95.6 cm³/mol. The Morgan fingerprint density at radius 3 is 2.96 bits per heavy atom. The second kappa shape index (κ2) is 7.20. The number of non-ortho nitro benzene ring substituents is 1. The first-order chi connectivity index (χ1) is 11.5. The fourth-order valence-electron chi connectivity index (χ4n) is 2.25. The first-order valence-electron chi connectivity index (χ1n) is 7.07. The highest BCUT2D eigenvalue weighted by Gasteiger charge is 2.11. The van der Waals surface area contributed by atoms with Gasteiger partial charge in [-0.3, -0.25) is 15.0 Å². The molecule has 0 bridgehead atoms. The van der Waals surface area contributed by atoms with Crippen molar-refractivity contribution in [2.45, 2.75) is 13.2 Å². The lowest BCUT2D eigenvalue weighted by atomic mass is 10.2. The molecule has 3 aromatic rings. The van der Waals surface area contributed by atoms with Crippen molar-refractivity contribution in [3.63, 3.8) is 0 Å². The topological polar surface area (TPSA) is 77.1 Å². The van der Waals surface area contributed by atoms with Gasteiger partial charge in [0.25, 0.3) is 5.69 Å². The molecule has 0 aliphatic rings. The maximum Gasteiger partial charge on any atom is 0.270 e. The van der Waals surface area contributed by atoms with E-state index in [1.54, 1.807) is 34.5 Å². The lowest BCUT2D eigenvalue weighted by Crippen LogP contribution is -2.21. The average Bonchev–Trinajstić information content (AvgIpc) is 3.16. The van der Waals surface area contributed by atoms with E-state index in [0.29, 0.717) is 18.1 Å². The van der Waals surface area contributed by atoms with Crippen LogP contribution in [-0.2, 0) is 13.2 Å². The van der Waals surface area contributed by atoms with Crippen LogP contribution in [0.5, 0.6) is 0 Å². The number of hydrogen-bond donors (Lipinski definition) is 0. The third kappa shape index (κ3) is 4.05. The van der Waals surface area contributed by atoms with Crippen molar-refractivity contribution in [3.8, 4) is 11.4 Å². The number of benzene rings is 1. The highest BCUT2D eigenvalue weighted by molar-refractivity contribution is 9.10. The van der Waals surface area contributed by atoms with Crippen LogP contribution in [0.1, 0.15) is 4.88 Å². The van der Waals surface area contributed by atoms with Crippen molar-refractivity contribution in [3.05, 3.63) is 61.5 Å².